The molecule has 0 heterocycles. The molecule has 0 aliphatic rings. The molecule has 0 bridgehead atoms. The van der Waals surface area contributed by atoms with Crippen LogP contribution in [0.3, 0.4) is 0 Å². The van der Waals surface area contributed by atoms with Crippen LogP contribution in [0.15, 0.2) is 30.3 Å². The Morgan fingerprint density at radius 1 is 1.46 bits per heavy atom. The maximum atomic E-state index is 10.2. The van der Waals surface area contributed by atoms with E-state index in [-0.39, 0.29) is 6.61 Å². The Balaban J connectivity index is 2.49. The number of carboxylic acid groups (broad SMARTS) is 1. The molecular formula is C9H9ClO3. The molecule has 1 unspecified atom stereocenters. The first kappa shape index (κ1) is 10.0. The van der Waals surface area contributed by atoms with Gasteiger partial charge in [0.1, 0.15) is 6.61 Å². The molecule has 1 aromatic rings. The van der Waals surface area contributed by atoms with Gasteiger partial charge in [0.25, 0.3) is 0 Å². The predicted molar refractivity (Wildman–Crippen MR) is 48.6 cm³/mol. The van der Waals surface area contributed by atoms with Crippen molar-refractivity contribution in [3.8, 4) is 0 Å². The fourth-order valence-electron chi connectivity index (χ4n) is 0.845. The normalized spacial score (nSPS) is 12.4. The number of halogens is 1. The minimum absolute atomic E-state index is 0.386. The summed E-state index contributed by atoms with van der Waals surface area (Å²) in [6.45, 7) is -0.386. The molecular weight excluding hydrogens is 192 g/mol. The topological polar surface area (TPSA) is 46.5 Å². The lowest BCUT2D eigenvalue weighted by atomic mass is 10.2. The second kappa shape index (κ2) is 4.84. The van der Waals surface area contributed by atoms with Crippen LogP contribution in [0.4, 0.5) is 0 Å². The number of ether oxygens (including phenoxy) is 1. The first-order valence-corrected chi connectivity index (χ1v) is 4.16. The third-order valence-corrected chi connectivity index (χ3v) is 1.79. The summed E-state index contributed by atoms with van der Waals surface area (Å²) in [6.07, 6.45) is 0. The van der Waals surface area contributed by atoms with Crippen LogP contribution in [0.5, 0.6) is 0 Å². The van der Waals surface area contributed by atoms with E-state index in [0.717, 1.165) is 5.56 Å². The average molecular weight is 201 g/mol. The highest BCUT2D eigenvalue weighted by atomic mass is 35.5. The number of hydrogen-bond acceptors (Lipinski definition) is 2. The Morgan fingerprint density at radius 2 is 2.08 bits per heavy atom. The van der Waals surface area contributed by atoms with E-state index in [1.807, 2.05) is 18.2 Å². The summed E-state index contributed by atoms with van der Waals surface area (Å²) in [4.78, 5) is 10.2. The molecule has 3 nitrogen and oxygen atoms in total. The van der Waals surface area contributed by atoms with Crippen LogP contribution in [-0.4, -0.2) is 17.7 Å². The van der Waals surface area contributed by atoms with Gasteiger partial charge in [-0.3, -0.25) is 0 Å². The fourth-order valence-corrected chi connectivity index (χ4v) is 1.05. The van der Waals surface area contributed by atoms with Crippen LogP contribution in [0.1, 0.15) is 11.1 Å². The molecule has 0 saturated heterocycles. The molecule has 0 fully saturated rings. The Hall–Kier alpha value is -1.06. The van der Waals surface area contributed by atoms with E-state index in [0.29, 0.717) is 0 Å². The molecule has 0 aliphatic carbocycles. The summed E-state index contributed by atoms with van der Waals surface area (Å²) in [5.41, 5.74) is 0.0581. The monoisotopic (exact) mass is 200 g/mol. The lowest BCUT2D eigenvalue weighted by Gasteiger charge is -2.08. The summed E-state index contributed by atoms with van der Waals surface area (Å²) in [5, 5.41) is 8.33. The van der Waals surface area contributed by atoms with Crippen LogP contribution < -0.4 is 0 Å². The van der Waals surface area contributed by atoms with Gasteiger partial charge in [0.05, 0.1) is 0 Å². The van der Waals surface area contributed by atoms with E-state index in [1.165, 1.54) is 0 Å². The molecule has 4 heteroatoms. The first-order valence-electron chi connectivity index (χ1n) is 3.72. The molecule has 0 radical (unpaired) electrons. The lowest BCUT2D eigenvalue weighted by molar-refractivity contribution is -0.142. The fraction of sp³-hybridized carbons (Fsp3) is 0.222. The Morgan fingerprint density at radius 3 is 2.62 bits per heavy atom. The minimum Gasteiger partial charge on any atom is -0.480 e. The van der Waals surface area contributed by atoms with Gasteiger partial charge in [-0.1, -0.05) is 41.9 Å². The van der Waals surface area contributed by atoms with Gasteiger partial charge in [0.15, 0.2) is 5.56 Å². The second-order valence-electron chi connectivity index (χ2n) is 2.43. The maximum absolute atomic E-state index is 10.2. The summed E-state index contributed by atoms with van der Waals surface area (Å²) >= 11 is 5.76. The van der Waals surface area contributed by atoms with Crippen molar-refractivity contribution in [2.75, 3.05) is 6.61 Å². The number of carbonyl (C=O) groups is 1. The largest absolute Gasteiger partial charge is 0.480 e. The zero-order valence-corrected chi connectivity index (χ0v) is 7.57. The summed E-state index contributed by atoms with van der Waals surface area (Å²) < 4.78 is 4.86. The van der Waals surface area contributed by atoms with Crippen molar-refractivity contribution in [2.24, 2.45) is 0 Å². The molecule has 1 rings (SSSR count). The molecule has 1 atom stereocenters. The third-order valence-electron chi connectivity index (χ3n) is 1.41. The molecule has 1 aromatic carbocycles. The SMILES string of the molecule is O=C(O)COC(Cl)c1ccccc1. The summed E-state index contributed by atoms with van der Waals surface area (Å²) in [6, 6.07) is 9.03. The van der Waals surface area contributed by atoms with Crippen LogP contribution in [0.25, 0.3) is 0 Å². The molecule has 1 N–H and O–H groups in total. The highest BCUT2D eigenvalue weighted by molar-refractivity contribution is 6.19. The van der Waals surface area contributed by atoms with Gasteiger partial charge < -0.3 is 9.84 Å². The zero-order chi connectivity index (χ0) is 9.68. The smallest absolute Gasteiger partial charge is 0.329 e. The van der Waals surface area contributed by atoms with E-state index in [9.17, 15) is 4.79 Å². The highest BCUT2D eigenvalue weighted by Crippen LogP contribution is 2.20. The predicted octanol–water partition coefficient (Wildman–Crippen LogP) is 2.03. The Bertz CT molecular complexity index is 273. The van der Waals surface area contributed by atoms with Gasteiger partial charge >= 0.3 is 5.97 Å². The van der Waals surface area contributed by atoms with Crippen molar-refractivity contribution < 1.29 is 14.6 Å². The van der Waals surface area contributed by atoms with Crippen LogP contribution in [0, 0.1) is 0 Å². The summed E-state index contributed by atoms with van der Waals surface area (Å²) in [5.74, 6) is -1.03. The quantitative estimate of drug-likeness (QED) is 0.757. The van der Waals surface area contributed by atoms with Crippen molar-refractivity contribution in [2.45, 2.75) is 5.56 Å². The number of alkyl halides is 1. The van der Waals surface area contributed by atoms with Crippen molar-refractivity contribution in [3.63, 3.8) is 0 Å². The van der Waals surface area contributed by atoms with Gasteiger partial charge in [-0.05, 0) is 5.56 Å². The lowest BCUT2D eigenvalue weighted by Crippen LogP contribution is -2.08. The molecule has 0 saturated carbocycles. The maximum Gasteiger partial charge on any atom is 0.329 e. The van der Waals surface area contributed by atoms with Gasteiger partial charge in [0.2, 0.25) is 0 Å². The zero-order valence-electron chi connectivity index (χ0n) is 6.81. The van der Waals surface area contributed by atoms with Gasteiger partial charge in [-0.2, -0.15) is 0 Å². The van der Waals surface area contributed by atoms with E-state index in [4.69, 9.17) is 21.4 Å². The van der Waals surface area contributed by atoms with Crippen LogP contribution in [-0.2, 0) is 9.53 Å². The molecule has 0 aromatic heterocycles. The second-order valence-corrected chi connectivity index (χ2v) is 2.83. The van der Waals surface area contributed by atoms with E-state index >= 15 is 0 Å². The Kier molecular flexibility index (Phi) is 3.73. The molecule has 0 spiro atoms. The first-order chi connectivity index (χ1) is 6.20. The van der Waals surface area contributed by atoms with Gasteiger partial charge in [-0.25, -0.2) is 4.79 Å². The average Bonchev–Trinajstić information content (AvgIpc) is 2.15. The van der Waals surface area contributed by atoms with Gasteiger partial charge in [0, 0.05) is 0 Å². The Labute approximate surface area is 80.9 Å². The van der Waals surface area contributed by atoms with Crippen LogP contribution >= 0.6 is 11.6 Å². The molecule has 13 heavy (non-hydrogen) atoms. The number of aliphatic carboxylic acids is 1. The number of benzene rings is 1. The van der Waals surface area contributed by atoms with E-state index < -0.39 is 11.5 Å². The van der Waals surface area contributed by atoms with Gasteiger partial charge in [-0.15, -0.1) is 0 Å². The van der Waals surface area contributed by atoms with E-state index in [1.54, 1.807) is 12.1 Å². The minimum atomic E-state index is -1.03. The van der Waals surface area contributed by atoms with Crippen molar-refractivity contribution in [3.05, 3.63) is 35.9 Å². The number of hydrogen-bond donors (Lipinski definition) is 1. The summed E-state index contributed by atoms with van der Waals surface area (Å²) in [7, 11) is 0. The molecule has 0 aliphatic heterocycles. The van der Waals surface area contributed by atoms with Crippen LogP contribution in [0.2, 0.25) is 0 Å². The van der Waals surface area contributed by atoms with E-state index in [2.05, 4.69) is 0 Å². The van der Waals surface area contributed by atoms with Crippen molar-refractivity contribution in [1.82, 2.24) is 0 Å². The highest BCUT2D eigenvalue weighted by Gasteiger charge is 2.08. The molecule has 0 amide bonds. The molecule has 70 valence electrons. The van der Waals surface area contributed by atoms with Crippen molar-refractivity contribution in [1.29, 1.82) is 0 Å². The third kappa shape index (κ3) is 3.44. The number of carboxylic acids is 1. The number of rotatable bonds is 4. The van der Waals surface area contributed by atoms with Crippen molar-refractivity contribution >= 4 is 17.6 Å². The standard InChI is InChI=1S/C9H9ClO3/c10-9(13-6-8(11)12)7-4-2-1-3-5-7/h1-5,9H,6H2,(H,11,12).